The van der Waals surface area contributed by atoms with E-state index in [0.29, 0.717) is 12.2 Å². The first-order chi connectivity index (χ1) is 8.02. The minimum atomic E-state index is -0.914. The fourth-order valence-corrected chi connectivity index (χ4v) is 1.45. The number of hydrogen-bond donors (Lipinski definition) is 2. The van der Waals surface area contributed by atoms with E-state index in [2.05, 4.69) is 10.3 Å². The van der Waals surface area contributed by atoms with Gasteiger partial charge in [-0.1, -0.05) is 19.9 Å². The molecule has 0 aliphatic heterocycles. The number of carboxylic acid groups (broad SMARTS) is 1. The van der Waals surface area contributed by atoms with Crippen LogP contribution >= 0.6 is 0 Å². The van der Waals surface area contributed by atoms with Gasteiger partial charge >= 0.3 is 5.97 Å². The van der Waals surface area contributed by atoms with Gasteiger partial charge in [-0.15, -0.1) is 0 Å². The van der Waals surface area contributed by atoms with Gasteiger partial charge in [-0.3, -0.25) is 0 Å². The molecule has 1 aromatic heterocycles. The molecule has 0 fully saturated rings. The summed E-state index contributed by atoms with van der Waals surface area (Å²) in [6, 6.07) is 6.12. The monoisotopic (exact) mass is 233 g/mol. The van der Waals surface area contributed by atoms with E-state index in [1.165, 1.54) is 0 Å². The number of aliphatic carboxylic acids is 1. The molecule has 0 spiro atoms. The number of pyridine rings is 1. The van der Waals surface area contributed by atoms with E-state index >= 15 is 0 Å². The van der Waals surface area contributed by atoms with Crippen molar-refractivity contribution in [3.8, 4) is 6.07 Å². The highest BCUT2D eigenvalue weighted by molar-refractivity contribution is 5.76. The smallest absolute Gasteiger partial charge is 0.326 e. The Hall–Kier alpha value is -2.09. The third-order valence-corrected chi connectivity index (χ3v) is 2.19. The van der Waals surface area contributed by atoms with Crippen molar-refractivity contribution >= 4 is 11.8 Å². The van der Waals surface area contributed by atoms with Crippen LogP contribution in [0.5, 0.6) is 0 Å². The molecular formula is C12H15N3O2. The number of aromatic nitrogens is 1. The van der Waals surface area contributed by atoms with E-state index in [4.69, 9.17) is 10.4 Å². The molecule has 0 saturated heterocycles. The zero-order valence-corrected chi connectivity index (χ0v) is 9.84. The Labute approximate surface area is 100 Å². The quantitative estimate of drug-likeness (QED) is 0.810. The van der Waals surface area contributed by atoms with Crippen LogP contribution in [0.25, 0.3) is 0 Å². The van der Waals surface area contributed by atoms with E-state index in [1.807, 2.05) is 19.9 Å². The first-order valence-corrected chi connectivity index (χ1v) is 5.39. The number of nitrogens with zero attached hydrogens (tertiary/aromatic N) is 2. The maximum Gasteiger partial charge on any atom is 0.326 e. The third kappa shape index (κ3) is 4.11. The lowest BCUT2D eigenvalue weighted by Crippen LogP contribution is -2.31. The number of nitriles is 1. The second-order valence-corrected chi connectivity index (χ2v) is 4.18. The predicted molar refractivity (Wildman–Crippen MR) is 63.5 cm³/mol. The lowest BCUT2D eigenvalue weighted by Gasteiger charge is -2.16. The summed E-state index contributed by atoms with van der Waals surface area (Å²) in [5.74, 6) is -0.234. The lowest BCUT2D eigenvalue weighted by molar-refractivity contribution is -0.138. The molecule has 1 heterocycles. The molecule has 5 nitrogen and oxygen atoms in total. The van der Waals surface area contributed by atoms with E-state index in [9.17, 15) is 4.79 Å². The third-order valence-electron chi connectivity index (χ3n) is 2.19. The second-order valence-electron chi connectivity index (χ2n) is 4.18. The van der Waals surface area contributed by atoms with Gasteiger partial charge in [0.05, 0.1) is 0 Å². The Balaban J connectivity index is 2.79. The Kier molecular flexibility index (Phi) is 4.46. The lowest BCUT2D eigenvalue weighted by atomic mass is 10.0. The molecule has 0 aliphatic rings. The molecule has 90 valence electrons. The predicted octanol–water partition coefficient (Wildman–Crippen LogP) is 1.86. The highest BCUT2D eigenvalue weighted by Crippen LogP contribution is 2.11. The van der Waals surface area contributed by atoms with Crippen LogP contribution < -0.4 is 5.32 Å². The first-order valence-electron chi connectivity index (χ1n) is 5.39. The minimum absolute atomic E-state index is 0.266. The summed E-state index contributed by atoms with van der Waals surface area (Å²) in [5.41, 5.74) is 0.267. The average molecular weight is 233 g/mol. The summed E-state index contributed by atoms with van der Waals surface area (Å²) >= 11 is 0. The van der Waals surface area contributed by atoms with E-state index in [-0.39, 0.29) is 11.6 Å². The Morgan fingerprint density at radius 3 is 2.82 bits per heavy atom. The number of nitrogens with one attached hydrogen (secondary N) is 1. The molecule has 0 aliphatic carbocycles. The number of anilines is 1. The zero-order chi connectivity index (χ0) is 12.8. The van der Waals surface area contributed by atoms with Gasteiger partial charge < -0.3 is 10.4 Å². The van der Waals surface area contributed by atoms with Crippen molar-refractivity contribution in [3.63, 3.8) is 0 Å². The van der Waals surface area contributed by atoms with Gasteiger partial charge in [0.1, 0.15) is 23.6 Å². The summed E-state index contributed by atoms with van der Waals surface area (Å²) in [6.07, 6.45) is 0.508. The molecule has 1 aromatic rings. The largest absolute Gasteiger partial charge is 0.480 e. The topological polar surface area (TPSA) is 86.0 Å². The summed E-state index contributed by atoms with van der Waals surface area (Å²) < 4.78 is 0. The number of rotatable bonds is 5. The molecule has 1 rings (SSSR count). The Bertz CT molecular complexity index is 438. The van der Waals surface area contributed by atoms with Gasteiger partial charge in [0.15, 0.2) is 0 Å². The first kappa shape index (κ1) is 13.0. The van der Waals surface area contributed by atoms with Crippen molar-refractivity contribution in [2.45, 2.75) is 26.3 Å². The fourth-order valence-electron chi connectivity index (χ4n) is 1.45. The fraction of sp³-hybridized carbons (Fsp3) is 0.417. The summed E-state index contributed by atoms with van der Waals surface area (Å²) in [7, 11) is 0. The molecule has 2 N–H and O–H groups in total. The average Bonchev–Trinajstić information content (AvgIpc) is 2.27. The molecule has 1 atom stereocenters. The second kappa shape index (κ2) is 5.85. The summed E-state index contributed by atoms with van der Waals surface area (Å²) in [4.78, 5) is 15.0. The standard InChI is InChI=1S/C12H15N3O2/c1-8(2)6-10(12(16)17)15-11-5-3-4-9(7-13)14-11/h3-5,8,10H,6H2,1-2H3,(H,14,15)(H,16,17)/t10-/m0/s1. The molecular weight excluding hydrogens is 218 g/mol. The normalized spacial score (nSPS) is 11.9. The van der Waals surface area contributed by atoms with Crippen LogP contribution in [0.3, 0.4) is 0 Å². The molecule has 0 saturated carbocycles. The molecule has 5 heteroatoms. The van der Waals surface area contributed by atoms with Crippen molar-refractivity contribution < 1.29 is 9.90 Å². The van der Waals surface area contributed by atoms with Gasteiger partial charge in [-0.05, 0) is 24.5 Å². The van der Waals surface area contributed by atoms with Gasteiger partial charge in [0, 0.05) is 0 Å². The number of carboxylic acids is 1. The van der Waals surface area contributed by atoms with Gasteiger partial charge in [0.2, 0.25) is 0 Å². The van der Waals surface area contributed by atoms with E-state index < -0.39 is 12.0 Å². The number of carbonyl (C=O) groups is 1. The van der Waals surface area contributed by atoms with Crippen molar-refractivity contribution in [1.29, 1.82) is 5.26 Å². The minimum Gasteiger partial charge on any atom is -0.480 e. The SMILES string of the molecule is CC(C)C[C@H](Nc1cccc(C#N)n1)C(=O)O. The van der Waals surface area contributed by atoms with E-state index in [1.54, 1.807) is 18.2 Å². The van der Waals surface area contributed by atoms with Crippen LogP contribution in [-0.2, 0) is 4.79 Å². The zero-order valence-electron chi connectivity index (χ0n) is 9.84. The van der Waals surface area contributed by atoms with Gasteiger partial charge in [-0.2, -0.15) is 5.26 Å². The van der Waals surface area contributed by atoms with Crippen LogP contribution in [-0.4, -0.2) is 22.1 Å². The van der Waals surface area contributed by atoms with Crippen LogP contribution in [0, 0.1) is 17.2 Å². The van der Waals surface area contributed by atoms with Crippen LogP contribution in [0.15, 0.2) is 18.2 Å². The van der Waals surface area contributed by atoms with Gasteiger partial charge in [-0.25, -0.2) is 9.78 Å². The highest BCUT2D eigenvalue weighted by atomic mass is 16.4. The molecule has 0 amide bonds. The maximum atomic E-state index is 11.0. The maximum absolute atomic E-state index is 11.0. The summed E-state index contributed by atoms with van der Waals surface area (Å²) in [5, 5.41) is 20.6. The van der Waals surface area contributed by atoms with Crippen LogP contribution in [0.2, 0.25) is 0 Å². The van der Waals surface area contributed by atoms with Crippen molar-refractivity contribution in [3.05, 3.63) is 23.9 Å². The molecule has 0 unspecified atom stereocenters. The van der Waals surface area contributed by atoms with Crippen LogP contribution in [0.1, 0.15) is 26.0 Å². The molecule has 0 aromatic carbocycles. The highest BCUT2D eigenvalue weighted by Gasteiger charge is 2.18. The summed E-state index contributed by atoms with van der Waals surface area (Å²) in [6.45, 7) is 3.91. The van der Waals surface area contributed by atoms with Crippen LogP contribution in [0.4, 0.5) is 5.82 Å². The Morgan fingerprint density at radius 2 is 2.29 bits per heavy atom. The van der Waals surface area contributed by atoms with Crippen molar-refractivity contribution in [1.82, 2.24) is 4.98 Å². The van der Waals surface area contributed by atoms with Crippen molar-refractivity contribution in [2.75, 3.05) is 5.32 Å². The number of hydrogen-bond acceptors (Lipinski definition) is 4. The van der Waals surface area contributed by atoms with E-state index in [0.717, 1.165) is 0 Å². The van der Waals surface area contributed by atoms with Gasteiger partial charge in [0.25, 0.3) is 0 Å². The Morgan fingerprint density at radius 1 is 1.59 bits per heavy atom. The molecule has 17 heavy (non-hydrogen) atoms. The molecule has 0 radical (unpaired) electrons. The molecule has 0 bridgehead atoms. The van der Waals surface area contributed by atoms with Crippen molar-refractivity contribution in [2.24, 2.45) is 5.92 Å².